The molecule has 0 saturated carbocycles. The second-order valence-corrected chi connectivity index (χ2v) is 5.12. The van der Waals surface area contributed by atoms with Crippen molar-refractivity contribution in [2.45, 2.75) is 38.3 Å². The van der Waals surface area contributed by atoms with E-state index in [9.17, 15) is 0 Å². The lowest BCUT2D eigenvalue weighted by Crippen LogP contribution is -2.40. The molecule has 0 radical (unpaired) electrons. The van der Waals surface area contributed by atoms with Gasteiger partial charge < -0.3 is 15.4 Å². The summed E-state index contributed by atoms with van der Waals surface area (Å²) in [5.41, 5.74) is 1.10. The van der Waals surface area contributed by atoms with Crippen LogP contribution in [0.25, 0.3) is 0 Å². The highest BCUT2D eigenvalue weighted by Crippen LogP contribution is 2.26. The van der Waals surface area contributed by atoms with Gasteiger partial charge in [0.25, 0.3) is 0 Å². The van der Waals surface area contributed by atoms with E-state index in [1.165, 1.54) is 0 Å². The van der Waals surface area contributed by atoms with Crippen LogP contribution in [0.5, 0.6) is 0 Å². The van der Waals surface area contributed by atoms with E-state index in [-0.39, 0.29) is 5.60 Å². The summed E-state index contributed by atoms with van der Waals surface area (Å²) in [5, 5.41) is 6.60. The Labute approximate surface area is 103 Å². The number of rotatable bonds is 3. The summed E-state index contributed by atoms with van der Waals surface area (Å²) >= 11 is 0. The molecule has 1 saturated heterocycles. The maximum absolute atomic E-state index is 5.71. The van der Waals surface area contributed by atoms with Crippen molar-refractivity contribution in [3.05, 3.63) is 18.3 Å². The fourth-order valence-corrected chi connectivity index (χ4v) is 2.25. The van der Waals surface area contributed by atoms with Crippen molar-refractivity contribution in [2.75, 3.05) is 24.3 Å². The van der Waals surface area contributed by atoms with Gasteiger partial charge in [-0.3, -0.25) is 0 Å². The van der Waals surface area contributed by atoms with Gasteiger partial charge in [0.15, 0.2) is 0 Å². The summed E-state index contributed by atoms with van der Waals surface area (Å²) in [6.45, 7) is 5.12. The summed E-state index contributed by atoms with van der Waals surface area (Å²) in [5.74, 6) is 0.890. The van der Waals surface area contributed by atoms with Gasteiger partial charge in [0.1, 0.15) is 5.82 Å². The van der Waals surface area contributed by atoms with Crippen LogP contribution >= 0.6 is 0 Å². The molecule has 17 heavy (non-hydrogen) atoms. The van der Waals surface area contributed by atoms with E-state index in [2.05, 4.69) is 29.5 Å². The first kappa shape index (κ1) is 12.2. The second-order valence-electron chi connectivity index (χ2n) is 5.12. The molecule has 0 bridgehead atoms. The first-order chi connectivity index (χ1) is 8.09. The van der Waals surface area contributed by atoms with Crippen LogP contribution in [0.1, 0.15) is 26.7 Å². The maximum atomic E-state index is 5.71. The largest absolute Gasteiger partial charge is 0.382 e. The smallest absolute Gasteiger partial charge is 0.127 e. The zero-order valence-corrected chi connectivity index (χ0v) is 10.8. The third-order valence-corrected chi connectivity index (χ3v) is 3.08. The van der Waals surface area contributed by atoms with E-state index in [4.69, 9.17) is 4.74 Å². The SMILES string of the molecule is CNc1cc(NC2CCOC(C)(C)C2)ccn1. The van der Waals surface area contributed by atoms with Crippen molar-refractivity contribution in [1.29, 1.82) is 0 Å². The van der Waals surface area contributed by atoms with E-state index in [1.807, 2.05) is 25.4 Å². The maximum Gasteiger partial charge on any atom is 0.127 e. The predicted molar refractivity (Wildman–Crippen MR) is 70.5 cm³/mol. The third kappa shape index (κ3) is 3.33. The Balaban J connectivity index is 2.00. The highest BCUT2D eigenvalue weighted by molar-refractivity contribution is 5.52. The lowest BCUT2D eigenvalue weighted by molar-refractivity contribution is -0.0553. The van der Waals surface area contributed by atoms with Crippen molar-refractivity contribution in [3.8, 4) is 0 Å². The summed E-state index contributed by atoms with van der Waals surface area (Å²) < 4.78 is 5.71. The highest BCUT2D eigenvalue weighted by Gasteiger charge is 2.28. The molecule has 2 N–H and O–H groups in total. The van der Waals surface area contributed by atoms with Gasteiger partial charge in [-0.25, -0.2) is 4.98 Å². The number of hydrogen-bond acceptors (Lipinski definition) is 4. The molecular weight excluding hydrogens is 214 g/mol. The van der Waals surface area contributed by atoms with Crippen LogP contribution in [0.2, 0.25) is 0 Å². The fourth-order valence-electron chi connectivity index (χ4n) is 2.25. The Morgan fingerprint density at radius 2 is 2.29 bits per heavy atom. The molecule has 1 unspecified atom stereocenters. The van der Waals surface area contributed by atoms with Crippen LogP contribution in [0, 0.1) is 0 Å². The Bertz CT molecular complexity index is 379. The normalized spacial score (nSPS) is 23.1. The van der Waals surface area contributed by atoms with Crippen molar-refractivity contribution < 1.29 is 4.74 Å². The van der Waals surface area contributed by atoms with Gasteiger partial charge in [-0.05, 0) is 32.8 Å². The van der Waals surface area contributed by atoms with E-state index in [0.29, 0.717) is 6.04 Å². The Morgan fingerprint density at radius 3 is 3.00 bits per heavy atom. The van der Waals surface area contributed by atoms with Crippen LogP contribution in [0.3, 0.4) is 0 Å². The van der Waals surface area contributed by atoms with Gasteiger partial charge in [-0.15, -0.1) is 0 Å². The zero-order valence-electron chi connectivity index (χ0n) is 10.8. The van der Waals surface area contributed by atoms with Crippen molar-refractivity contribution >= 4 is 11.5 Å². The van der Waals surface area contributed by atoms with E-state index in [1.54, 1.807) is 0 Å². The van der Waals surface area contributed by atoms with Crippen LogP contribution in [0.4, 0.5) is 11.5 Å². The summed E-state index contributed by atoms with van der Waals surface area (Å²) in [6, 6.07) is 4.51. The topological polar surface area (TPSA) is 46.2 Å². The average molecular weight is 235 g/mol. The lowest BCUT2D eigenvalue weighted by Gasteiger charge is -2.36. The quantitative estimate of drug-likeness (QED) is 0.845. The molecule has 0 amide bonds. The first-order valence-electron chi connectivity index (χ1n) is 6.13. The molecule has 4 heteroatoms. The van der Waals surface area contributed by atoms with Gasteiger partial charge in [-0.1, -0.05) is 0 Å². The minimum absolute atomic E-state index is 0.0191. The van der Waals surface area contributed by atoms with Gasteiger partial charge in [0.2, 0.25) is 0 Å². The molecule has 1 aliphatic rings. The van der Waals surface area contributed by atoms with E-state index < -0.39 is 0 Å². The minimum Gasteiger partial charge on any atom is -0.382 e. The van der Waals surface area contributed by atoms with Crippen molar-refractivity contribution in [2.24, 2.45) is 0 Å². The lowest BCUT2D eigenvalue weighted by atomic mass is 9.94. The Hall–Kier alpha value is -1.29. The number of nitrogens with zero attached hydrogens (tertiary/aromatic N) is 1. The molecule has 0 spiro atoms. The number of hydrogen-bond donors (Lipinski definition) is 2. The summed E-state index contributed by atoms with van der Waals surface area (Å²) in [7, 11) is 1.88. The van der Waals surface area contributed by atoms with Crippen LogP contribution < -0.4 is 10.6 Å². The fraction of sp³-hybridized carbons (Fsp3) is 0.615. The minimum atomic E-state index is -0.0191. The summed E-state index contributed by atoms with van der Waals surface area (Å²) in [4.78, 5) is 4.20. The predicted octanol–water partition coefficient (Wildman–Crippen LogP) is 2.49. The number of nitrogens with one attached hydrogen (secondary N) is 2. The Kier molecular flexibility index (Phi) is 3.52. The van der Waals surface area contributed by atoms with Crippen LogP contribution in [-0.2, 0) is 4.74 Å². The number of pyridine rings is 1. The van der Waals surface area contributed by atoms with Gasteiger partial charge in [-0.2, -0.15) is 0 Å². The molecule has 1 fully saturated rings. The molecule has 1 aromatic rings. The monoisotopic (exact) mass is 235 g/mol. The molecule has 0 aromatic carbocycles. The number of anilines is 2. The molecule has 4 nitrogen and oxygen atoms in total. The van der Waals surface area contributed by atoms with Crippen LogP contribution in [0.15, 0.2) is 18.3 Å². The highest BCUT2D eigenvalue weighted by atomic mass is 16.5. The summed E-state index contributed by atoms with van der Waals surface area (Å²) in [6.07, 6.45) is 3.91. The van der Waals surface area contributed by atoms with E-state index in [0.717, 1.165) is 31.0 Å². The zero-order chi connectivity index (χ0) is 12.3. The van der Waals surface area contributed by atoms with Crippen molar-refractivity contribution in [1.82, 2.24) is 4.98 Å². The van der Waals surface area contributed by atoms with Crippen molar-refractivity contribution in [3.63, 3.8) is 0 Å². The van der Waals surface area contributed by atoms with Gasteiger partial charge in [0, 0.05) is 37.6 Å². The first-order valence-corrected chi connectivity index (χ1v) is 6.13. The Morgan fingerprint density at radius 1 is 1.47 bits per heavy atom. The van der Waals surface area contributed by atoms with Gasteiger partial charge >= 0.3 is 0 Å². The molecule has 1 aromatic heterocycles. The molecule has 2 rings (SSSR count). The van der Waals surface area contributed by atoms with Crippen LogP contribution in [-0.4, -0.2) is 30.3 Å². The molecular formula is C13H21N3O. The molecule has 1 aliphatic heterocycles. The third-order valence-electron chi connectivity index (χ3n) is 3.08. The molecule has 2 heterocycles. The standard InChI is InChI=1S/C13H21N3O/c1-13(2)9-11(5-7-17-13)16-10-4-6-15-12(8-10)14-3/h4,6,8,11H,5,7,9H2,1-3H3,(H2,14,15,16). The number of ether oxygens (including phenoxy) is 1. The molecule has 0 aliphatic carbocycles. The second kappa shape index (κ2) is 4.92. The molecule has 1 atom stereocenters. The average Bonchev–Trinajstić information content (AvgIpc) is 2.28. The van der Waals surface area contributed by atoms with E-state index >= 15 is 0 Å². The number of aromatic nitrogens is 1. The molecule has 94 valence electrons. The van der Waals surface area contributed by atoms with Gasteiger partial charge in [0.05, 0.1) is 5.60 Å².